The number of aromatic nitrogens is 1. The van der Waals surface area contributed by atoms with E-state index in [4.69, 9.17) is 10.5 Å². The molecule has 1 atom stereocenters. The molecule has 4 nitrogen and oxygen atoms in total. The molecular formula is C17H23N3O. The molecule has 2 heterocycles. The molecule has 0 aliphatic carbocycles. The van der Waals surface area contributed by atoms with Crippen molar-refractivity contribution in [1.82, 2.24) is 9.88 Å². The van der Waals surface area contributed by atoms with Gasteiger partial charge in [-0.3, -0.25) is 9.88 Å². The van der Waals surface area contributed by atoms with Crippen molar-refractivity contribution in [2.45, 2.75) is 39.0 Å². The van der Waals surface area contributed by atoms with Crippen molar-refractivity contribution in [3.05, 3.63) is 36.0 Å². The number of benzene rings is 1. The summed E-state index contributed by atoms with van der Waals surface area (Å²) in [5.74, 6) is 0. The number of pyridine rings is 1. The van der Waals surface area contributed by atoms with Gasteiger partial charge in [0.1, 0.15) is 0 Å². The molecule has 3 rings (SSSR count). The Labute approximate surface area is 125 Å². The number of nitrogens with zero attached hydrogens (tertiary/aromatic N) is 2. The first kappa shape index (κ1) is 14.3. The topological polar surface area (TPSA) is 51.4 Å². The van der Waals surface area contributed by atoms with Gasteiger partial charge in [0.25, 0.3) is 0 Å². The monoisotopic (exact) mass is 285 g/mol. The SMILES string of the molecule is CC1CN(Cc2ccc(N)c3cccnc23)CC(C)(C)O1. The van der Waals surface area contributed by atoms with E-state index in [0.29, 0.717) is 0 Å². The van der Waals surface area contributed by atoms with Crippen molar-refractivity contribution in [3.8, 4) is 0 Å². The van der Waals surface area contributed by atoms with Gasteiger partial charge < -0.3 is 10.5 Å². The normalized spacial score (nSPS) is 22.5. The maximum Gasteiger partial charge on any atom is 0.0767 e. The third-order valence-corrected chi connectivity index (χ3v) is 3.92. The summed E-state index contributed by atoms with van der Waals surface area (Å²) in [6.07, 6.45) is 2.08. The molecule has 2 aromatic rings. The molecular weight excluding hydrogens is 262 g/mol. The molecule has 1 saturated heterocycles. The van der Waals surface area contributed by atoms with Gasteiger partial charge in [0.2, 0.25) is 0 Å². The van der Waals surface area contributed by atoms with Gasteiger partial charge in [-0.25, -0.2) is 0 Å². The Bertz CT molecular complexity index is 654. The average Bonchev–Trinajstić information content (AvgIpc) is 2.40. The smallest absolute Gasteiger partial charge is 0.0767 e. The van der Waals surface area contributed by atoms with Crippen molar-refractivity contribution in [3.63, 3.8) is 0 Å². The number of ether oxygens (including phenoxy) is 1. The Balaban J connectivity index is 1.90. The van der Waals surface area contributed by atoms with Crippen LogP contribution in [0.1, 0.15) is 26.3 Å². The van der Waals surface area contributed by atoms with Crippen LogP contribution in [-0.4, -0.2) is 34.7 Å². The van der Waals surface area contributed by atoms with Gasteiger partial charge >= 0.3 is 0 Å². The van der Waals surface area contributed by atoms with Crippen molar-refractivity contribution >= 4 is 16.6 Å². The minimum absolute atomic E-state index is 0.102. The number of nitrogens with two attached hydrogens (primary N) is 1. The Hall–Kier alpha value is -1.65. The molecule has 0 amide bonds. The lowest BCUT2D eigenvalue weighted by atomic mass is 10.0. The van der Waals surface area contributed by atoms with E-state index in [1.807, 2.05) is 24.4 Å². The molecule has 1 aromatic heterocycles. The summed E-state index contributed by atoms with van der Waals surface area (Å²) in [5, 5.41) is 1.04. The quantitative estimate of drug-likeness (QED) is 0.862. The van der Waals surface area contributed by atoms with E-state index in [9.17, 15) is 0 Å². The Morgan fingerprint density at radius 1 is 1.38 bits per heavy atom. The average molecular weight is 285 g/mol. The first-order chi connectivity index (χ1) is 9.94. The van der Waals surface area contributed by atoms with E-state index in [1.54, 1.807) is 0 Å². The van der Waals surface area contributed by atoms with Crippen LogP contribution >= 0.6 is 0 Å². The summed E-state index contributed by atoms with van der Waals surface area (Å²) < 4.78 is 5.97. The molecule has 1 aliphatic heterocycles. The maximum absolute atomic E-state index is 6.05. The second-order valence-corrected chi connectivity index (χ2v) is 6.57. The van der Waals surface area contributed by atoms with E-state index in [1.165, 1.54) is 5.56 Å². The van der Waals surface area contributed by atoms with Gasteiger partial charge in [0.05, 0.1) is 17.2 Å². The number of nitrogen functional groups attached to an aromatic ring is 1. The number of hydrogen-bond acceptors (Lipinski definition) is 4. The van der Waals surface area contributed by atoms with Crippen LogP contribution in [0.4, 0.5) is 5.69 Å². The Morgan fingerprint density at radius 3 is 2.95 bits per heavy atom. The largest absolute Gasteiger partial charge is 0.398 e. The van der Waals surface area contributed by atoms with Crippen LogP contribution in [0.15, 0.2) is 30.5 Å². The molecule has 1 aliphatic rings. The molecule has 0 radical (unpaired) electrons. The van der Waals surface area contributed by atoms with Crippen LogP contribution in [0, 0.1) is 0 Å². The second kappa shape index (κ2) is 5.28. The zero-order valence-corrected chi connectivity index (χ0v) is 13.0. The zero-order valence-electron chi connectivity index (χ0n) is 13.0. The highest BCUT2D eigenvalue weighted by Gasteiger charge is 2.31. The molecule has 0 spiro atoms. The molecule has 4 heteroatoms. The third-order valence-electron chi connectivity index (χ3n) is 3.92. The number of anilines is 1. The molecule has 1 unspecified atom stereocenters. The highest BCUT2D eigenvalue weighted by Crippen LogP contribution is 2.26. The van der Waals surface area contributed by atoms with Gasteiger partial charge in [-0.2, -0.15) is 0 Å². The maximum atomic E-state index is 6.05. The van der Waals surface area contributed by atoms with Crippen LogP contribution in [0.5, 0.6) is 0 Å². The minimum Gasteiger partial charge on any atom is -0.398 e. The van der Waals surface area contributed by atoms with Crippen molar-refractivity contribution < 1.29 is 4.74 Å². The van der Waals surface area contributed by atoms with Gasteiger partial charge in [-0.05, 0) is 44.5 Å². The van der Waals surface area contributed by atoms with E-state index < -0.39 is 0 Å². The van der Waals surface area contributed by atoms with Gasteiger partial charge in [-0.1, -0.05) is 6.07 Å². The summed E-state index contributed by atoms with van der Waals surface area (Å²) in [6, 6.07) is 8.04. The number of rotatable bonds is 2. The summed E-state index contributed by atoms with van der Waals surface area (Å²) >= 11 is 0. The van der Waals surface area contributed by atoms with Crippen LogP contribution in [0.25, 0.3) is 10.9 Å². The van der Waals surface area contributed by atoms with Gasteiger partial charge in [0, 0.05) is 36.9 Å². The predicted octanol–water partition coefficient (Wildman–Crippen LogP) is 2.82. The van der Waals surface area contributed by atoms with Gasteiger partial charge in [-0.15, -0.1) is 0 Å². The molecule has 2 N–H and O–H groups in total. The molecule has 0 saturated carbocycles. The van der Waals surface area contributed by atoms with Gasteiger partial charge in [0.15, 0.2) is 0 Å². The molecule has 112 valence electrons. The van der Waals surface area contributed by atoms with Crippen molar-refractivity contribution in [2.75, 3.05) is 18.8 Å². The van der Waals surface area contributed by atoms with Crippen molar-refractivity contribution in [1.29, 1.82) is 0 Å². The molecule has 0 bridgehead atoms. The highest BCUT2D eigenvalue weighted by molar-refractivity contribution is 5.92. The van der Waals surface area contributed by atoms with Crippen LogP contribution in [-0.2, 0) is 11.3 Å². The lowest BCUT2D eigenvalue weighted by Crippen LogP contribution is -2.51. The molecule has 1 fully saturated rings. The highest BCUT2D eigenvalue weighted by atomic mass is 16.5. The predicted molar refractivity (Wildman–Crippen MR) is 86.1 cm³/mol. The summed E-state index contributed by atoms with van der Waals surface area (Å²) in [4.78, 5) is 6.96. The van der Waals surface area contributed by atoms with Crippen LogP contribution in [0.2, 0.25) is 0 Å². The first-order valence-electron chi connectivity index (χ1n) is 7.47. The van der Waals surface area contributed by atoms with E-state index in [2.05, 4.69) is 36.7 Å². The van der Waals surface area contributed by atoms with E-state index in [0.717, 1.165) is 36.2 Å². The fourth-order valence-corrected chi connectivity index (χ4v) is 3.33. The number of fused-ring (bicyclic) bond motifs is 1. The van der Waals surface area contributed by atoms with Crippen LogP contribution in [0.3, 0.4) is 0 Å². The fraction of sp³-hybridized carbons (Fsp3) is 0.471. The molecule has 1 aromatic carbocycles. The summed E-state index contributed by atoms with van der Waals surface area (Å²) in [7, 11) is 0. The standard InChI is InChI=1S/C17H23N3O/c1-12-9-20(11-17(2,3)21-12)10-13-6-7-15(18)14-5-4-8-19-16(13)14/h4-8,12H,9-11,18H2,1-3H3. The van der Waals surface area contributed by atoms with E-state index >= 15 is 0 Å². The van der Waals surface area contributed by atoms with E-state index in [-0.39, 0.29) is 11.7 Å². The summed E-state index contributed by atoms with van der Waals surface area (Å²) in [5.41, 5.74) is 8.97. The fourth-order valence-electron chi connectivity index (χ4n) is 3.33. The minimum atomic E-state index is -0.102. The number of morpholine rings is 1. The lowest BCUT2D eigenvalue weighted by molar-refractivity contribution is -0.130. The van der Waals surface area contributed by atoms with Crippen molar-refractivity contribution in [2.24, 2.45) is 0 Å². The summed E-state index contributed by atoms with van der Waals surface area (Å²) in [6.45, 7) is 9.18. The molecule has 21 heavy (non-hydrogen) atoms. The van der Waals surface area contributed by atoms with Crippen LogP contribution < -0.4 is 5.73 Å². The Morgan fingerprint density at radius 2 is 2.19 bits per heavy atom. The number of hydrogen-bond donors (Lipinski definition) is 1. The zero-order chi connectivity index (χ0) is 15.0. The Kier molecular flexibility index (Phi) is 3.59. The third kappa shape index (κ3) is 3.01. The first-order valence-corrected chi connectivity index (χ1v) is 7.47. The second-order valence-electron chi connectivity index (χ2n) is 6.57. The lowest BCUT2D eigenvalue weighted by Gasteiger charge is -2.41.